The molecule has 0 saturated heterocycles. The van der Waals surface area contributed by atoms with Crippen molar-refractivity contribution in [3.63, 3.8) is 0 Å². The largest absolute Gasteiger partial charge is 0.277 e. The zero-order valence-corrected chi connectivity index (χ0v) is 19.0. The standard InChI is InChI=1S/C22H29N3O4S/c1-14(2)18-11-20(15(3)4)22(21(12-18)16(5)6)30(28,29)24-23-13-17-7-9-19(10-8-17)25(26)27/h7-16,24H,1-6H3/b23-13+. The Morgan fingerprint density at radius 2 is 1.43 bits per heavy atom. The summed E-state index contributed by atoms with van der Waals surface area (Å²) in [6, 6.07) is 9.63. The molecule has 0 radical (unpaired) electrons. The van der Waals surface area contributed by atoms with Gasteiger partial charge in [0.15, 0.2) is 0 Å². The van der Waals surface area contributed by atoms with Gasteiger partial charge in [-0.1, -0.05) is 53.7 Å². The van der Waals surface area contributed by atoms with Crippen molar-refractivity contribution in [1.29, 1.82) is 0 Å². The van der Waals surface area contributed by atoms with Crippen LogP contribution in [0.4, 0.5) is 5.69 Å². The molecule has 162 valence electrons. The van der Waals surface area contributed by atoms with Crippen LogP contribution in [0.1, 0.15) is 81.5 Å². The lowest BCUT2D eigenvalue weighted by Crippen LogP contribution is -2.23. The van der Waals surface area contributed by atoms with Crippen molar-refractivity contribution in [1.82, 2.24) is 4.83 Å². The highest BCUT2D eigenvalue weighted by Gasteiger charge is 2.26. The van der Waals surface area contributed by atoms with Crippen LogP contribution in [0.15, 0.2) is 46.4 Å². The van der Waals surface area contributed by atoms with Crippen LogP contribution in [0, 0.1) is 10.1 Å². The van der Waals surface area contributed by atoms with Crippen LogP contribution >= 0.6 is 0 Å². The molecule has 0 atom stereocenters. The quantitative estimate of drug-likeness (QED) is 0.349. The number of nitro groups is 1. The molecule has 0 aliphatic heterocycles. The molecule has 30 heavy (non-hydrogen) atoms. The first-order chi connectivity index (χ1) is 13.9. The molecular formula is C22H29N3O4S. The molecule has 0 aliphatic carbocycles. The van der Waals surface area contributed by atoms with E-state index in [0.717, 1.165) is 16.7 Å². The number of benzene rings is 2. The summed E-state index contributed by atoms with van der Waals surface area (Å²) in [6.45, 7) is 12.1. The first kappa shape index (κ1) is 23.5. The van der Waals surface area contributed by atoms with E-state index in [0.29, 0.717) is 5.56 Å². The van der Waals surface area contributed by atoms with Crippen molar-refractivity contribution in [2.75, 3.05) is 0 Å². The van der Waals surface area contributed by atoms with Crippen LogP contribution in [-0.2, 0) is 10.0 Å². The summed E-state index contributed by atoms with van der Waals surface area (Å²) in [7, 11) is -3.90. The van der Waals surface area contributed by atoms with Crippen LogP contribution in [0.25, 0.3) is 0 Å². The fourth-order valence-corrected chi connectivity index (χ4v) is 4.59. The number of hydrazone groups is 1. The van der Waals surface area contributed by atoms with Gasteiger partial charge in [0.05, 0.1) is 16.0 Å². The zero-order valence-electron chi connectivity index (χ0n) is 18.2. The minimum Gasteiger partial charge on any atom is -0.258 e. The lowest BCUT2D eigenvalue weighted by atomic mass is 9.89. The van der Waals surface area contributed by atoms with E-state index in [1.165, 1.54) is 30.5 Å². The minimum atomic E-state index is -3.90. The van der Waals surface area contributed by atoms with Crippen molar-refractivity contribution < 1.29 is 13.3 Å². The normalized spacial score (nSPS) is 12.3. The fraction of sp³-hybridized carbons (Fsp3) is 0.409. The second-order valence-corrected chi connectivity index (χ2v) is 9.79. The number of nitro benzene ring substituents is 1. The summed E-state index contributed by atoms with van der Waals surface area (Å²) in [5.74, 6) is 0.322. The maximum Gasteiger partial charge on any atom is 0.277 e. The predicted molar refractivity (Wildman–Crippen MR) is 120 cm³/mol. The molecule has 0 unspecified atom stereocenters. The van der Waals surface area contributed by atoms with Crippen LogP contribution in [0.2, 0.25) is 0 Å². The number of hydrogen-bond acceptors (Lipinski definition) is 5. The Kier molecular flexibility index (Phi) is 7.36. The number of sulfonamides is 1. The lowest BCUT2D eigenvalue weighted by Gasteiger charge is -2.22. The monoisotopic (exact) mass is 431 g/mol. The average molecular weight is 432 g/mol. The topological polar surface area (TPSA) is 102 Å². The summed E-state index contributed by atoms with van der Waals surface area (Å²) in [5.41, 5.74) is 3.15. The Labute approximate surface area is 178 Å². The van der Waals surface area contributed by atoms with Gasteiger partial charge >= 0.3 is 0 Å². The van der Waals surface area contributed by atoms with Crippen molar-refractivity contribution in [2.24, 2.45) is 5.10 Å². The van der Waals surface area contributed by atoms with Crippen LogP contribution in [0.3, 0.4) is 0 Å². The van der Waals surface area contributed by atoms with Gasteiger partial charge in [-0.25, -0.2) is 4.83 Å². The second kappa shape index (κ2) is 9.38. The number of rotatable bonds is 8. The number of nitrogens with zero attached hydrogens (tertiary/aromatic N) is 2. The predicted octanol–water partition coefficient (Wildman–Crippen LogP) is 5.28. The molecule has 0 fully saturated rings. The third-order valence-corrected chi connectivity index (χ3v) is 6.19. The number of nitrogens with one attached hydrogen (secondary N) is 1. The third kappa shape index (κ3) is 5.44. The molecule has 0 aromatic heterocycles. The van der Waals surface area contributed by atoms with Gasteiger partial charge in [0.25, 0.3) is 15.7 Å². The van der Waals surface area contributed by atoms with Crippen LogP contribution in [0.5, 0.6) is 0 Å². The lowest BCUT2D eigenvalue weighted by molar-refractivity contribution is -0.384. The van der Waals surface area contributed by atoms with Crippen LogP contribution < -0.4 is 4.83 Å². The number of hydrogen-bond donors (Lipinski definition) is 1. The molecule has 7 nitrogen and oxygen atoms in total. The van der Waals surface area contributed by atoms with E-state index < -0.39 is 14.9 Å². The molecule has 0 saturated carbocycles. The van der Waals surface area contributed by atoms with E-state index in [4.69, 9.17) is 0 Å². The van der Waals surface area contributed by atoms with E-state index in [1.54, 1.807) is 0 Å². The Morgan fingerprint density at radius 3 is 1.83 bits per heavy atom. The molecular weight excluding hydrogens is 402 g/mol. The molecule has 8 heteroatoms. The summed E-state index contributed by atoms with van der Waals surface area (Å²) in [6.07, 6.45) is 1.33. The summed E-state index contributed by atoms with van der Waals surface area (Å²) >= 11 is 0. The van der Waals surface area contributed by atoms with Gasteiger partial charge in [0, 0.05) is 12.1 Å². The SMILES string of the molecule is CC(C)c1cc(C(C)C)c(S(=O)(=O)N/N=C/c2ccc([N+](=O)[O-])cc2)c(C(C)C)c1. The van der Waals surface area contributed by atoms with Crippen molar-refractivity contribution in [3.8, 4) is 0 Å². The Hall–Kier alpha value is -2.74. The van der Waals surface area contributed by atoms with E-state index >= 15 is 0 Å². The highest BCUT2D eigenvalue weighted by Crippen LogP contribution is 2.35. The smallest absolute Gasteiger partial charge is 0.258 e. The molecule has 0 spiro atoms. The van der Waals surface area contributed by atoms with Gasteiger partial charge in [-0.05, 0) is 52.1 Å². The van der Waals surface area contributed by atoms with Crippen molar-refractivity contribution in [3.05, 3.63) is 68.8 Å². The Balaban J connectivity index is 2.44. The van der Waals surface area contributed by atoms with E-state index in [-0.39, 0.29) is 28.3 Å². The number of non-ortho nitro benzene ring substituents is 1. The van der Waals surface area contributed by atoms with Crippen molar-refractivity contribution in [2.45, 2.75) is 64.2 Å². The Bertz CT molecular complexity index is 1010. The summed E-state index contributed by atoms with van der Waals surface area (Å²) in [5, 5.41) is 14.6. The van der Waals surface area contributed by atoms with E-state index in [9.17, 15) is 18.5 Å². The summed E-state index contributed by atoms with van der Waals surface area (Å²) in [4.78, 5) is 12.8. The first-order valence-corrected chi connectivity index (χ1v) is 11.4. The molecule has 0 bridgehead atoms. The van der Waals surface area contributed by atoms with E-state index in [2.05, 4.69) is 23.8 Å². The van der Waals surface area contributed by atoms with Gasteiger partial charge in [0.2, 0.25) is 0 Å². The fourth-order valence-electron chi connectivity index (χ4n) is 3.10. The Morgan fingerprint density at radius 1 is 0.933 bits per heavy atom. The van der Waals surface area contributed by atoms with Gasteiger partial charge in [-0.15, -0.1) is 0 Å². The highest BCUT2D eigenvalue weighted by molar-refractivity contribution is 7.89. The molecule has 1 N–H and O–H groups in total. The maximum atomic E-state index is 13.2. The molecule has 2 aromatic carbocycles. The van der Waals surface area contributed by atoms with Crippen LogP contribution in [-0.4, -0.2) is 19.6 Å². The molecule has 0 aliphatic rings. The molecule has 0 heterocycles. The van der Waals surface area contributed by atoms with Gasteiger partial charge in [-0.2, -0.15) is 13.5 Å². The van der Waals surface area contributed by atoms with Gasteiger partial charge < -0.3 is 0 Å². The summed E-state index contributed by atoms with van der Waals surface area (Å²) < 4.78 is 26.4. The molecule has 0 amide bonds. The third-order valence-electron chi connectivity index (χ3n) is 4.84. The van der Waals surface area contributed by atoms with Gasteiger partial charge in [-0.3, -0.25) is 10.1 Å². The molecule has 2 aromatic rings. The molecule has 2 rings (SSSR count). The zero-order chi connectivity index (χ0) is 22.6. The van der Waals surface area contributed by atoms with E-state index in [1.807, 2.05) is 39.8 Å². The minimum absolute atomic E-state index is 0.0198. The van der Waals surface area contributed by atoms with Gasteiger partial charge in [0.1, 0.15) is 0 Å². The first-order valence-electron chi connectivity index (χ1n) is 9.91. The highest BCUT2D eigenvalue weighted by atomic mass is 32.2. The average Bonchev–Trinajstić information content (AvgIpc) is 2.66. The maximum absolute atomic E-state index is 13.2. The van der Waals surface area contributed by atoms with Crippen molar-refractivity contribution >= 4 is 21.9 Å². The second-order valence-electron chi connectivity index (χ2n) is 8.19.